The Kier molecular flexibility index (Phi) is 9.34. The largest absolute Gasteiger partial charge is 0.444 e. The van der Waals surface area contributed by atoms with Gasteiger partial charge in [-0.2, -0.15) is 5.26 Å². The average Bonchev–Trinajstić information content (AvgIpc) is 2.70. The van der Waals surface area contributed by atoms with E-state index in [2.05, 4.69) is 16.3 Å². The molecule has 8 heteroatoms. The summed E-state index contributed by atoms with van der Waals surface area (Å²) in [7, 11) is 0. The molecule has 1 aromatic carbocycles. The third-order valence-electron chi connectivity index (χ3n) is 5.42. The molecule has 0 aromatic heterocycles. The molecule has 0 unspecified atom stereocenters. The second-order valence-electron chi connectivity index (χ2n) is 11.0. The summed E-state index contributed by atoms with van der Waals surface area (Å²) in [6.45, 7) is 16.1. The number of hydrogen-bond donors (Lipinski definition) is 1. The Morgan fingerprint density at radius 1 is 1.09 bits per heavy atom. The van der Waals surface area contributed by atoms with Crippen molar-refractivity contribution in [2.24, 2.45) is 0 Å². The summed E-state index contributed by atoms with van der Waals surface area (Å²) in [6.07, 6.45) is 0.663. The van der Waals surface area contributed by atoms with Crippen molar-refractivity contribution in [2.45, 2.75) is 84.6 Å². The molecule has 0 radical (unpaired) electrons. The number of carbonyl (C=O) groups excluding carboxylic acids is 2. The van der Waals surface area contributed by atoms with Crippen LogP contribution in [0, 0.1) is 11.3 Å². The van der Waals surface area contributed by atoms with E-state index in [-0.39, 0.29) is 18.2 Å². The molecule has 1 fully saturated rings. The number of rotatable bonds is 6. The van der Waals surface area contributed by atoms with Gasteiger partial charge in [-0.05, 0) is 79.0 Å². The number of amides is 2. The zero-order valence-electron chi connectivity index (χ0n) is 21.7. The summed E-state index contributed by atoms with van der Waals surface area (Å²) in [5.74, 6) is 0. The fraction of sp³-hybridized carbons (Fsp3) is 0.654. The van der Waals surface area contributed by atoms with Crippen molar-refractivity contribution >= 4 is 12.2 Å². The zero-order valence-corrected chi connectivity index (χ0v) is 21.7. The first-order chi connectivity index (χ1) is 15.8. The van der Waals surface area contributed by atoms with Crippen molar-refractivity contribution in [2.75, 3.05) is 26.2 Å². The molecular formula is C26H40N4O4. The fourth-order valence-corrected chi connectivity index (χ4v) is 3.87. The maximum atomic E-state index is 12.5. The number of hydrogen-bond acceptors (Lipinski definition) is 6. The van der Waals surface area contributed by atoms with Crippen LogP contribution in [0.15, 0.2) is 24.3 Å². The fourth-order valence-electron chi connectivity index (χ4n) is 3.87. The zero-order chi connectivity index (χ0) is 25.5. The highest BCUT2D eigenvalue weighted by molar-refractivity contribution is 5.69. The molecule has 0 aliphatic carbocycles. The second-order valence-corrected chi connectivity index (χ2v) is 11.0. The first-order valence-corrected chi connectivity index (χ1v) is 12.0. The average molecular weight is 473 g/mol. The first kappa shape index (κ1) is 27.5. The van der Waals surface area contributed by atoms with Gasteiger partial charge in [0.15, 0.2) is 0 Å². The van der Waals surface area contributed by atoms with E-state index in [1.54, 1.807) is 17.0 Å². The number of ether oxygens (including phenoxy) is 2. The molecule has 8 nitrogen and oxygen atoms in total. The lowest BCUT2D eigenvalue weighted by atomic mass is 10.0. The van der Waals surface area contributed by atoms with Crippen molar-refractivity contribution < 1.29 is 19.1 Å². The highest BCUT2D eigenvalue weighted by Gasteiger charge is 2.31. The Morgan fingerprint density at radius 3 is 2.24 bits per heavy atom. The summed E-state index contributed by atoms with van der Waals surface area (Å²) >= 11 is 0. The van der Waals surface area contributed by atoms with Gasteiger partial charge >= 0.3 is 12.2 Å². The summed E-state index contributed by atoms with van der Waals surface area (Å²) in [5, 5.41) is 12.1. The highest BCUT2D eigenvalue weighted by Crippen LogP contribution is 2.17. The monoisotopic (exact) mass is 472 g/mol. The lowest BCUT2D eigenvalue weighted by Gasteiger charge is -2.40. The Balaban J connectivity index is 1.97. The molecule has 0 bridgehead atoms. The lowest BCUT2D eigenvalue weighted by molar-refractivity contribution is 0.000883. The molecule has 1 aliphatic heterocycles. The van der Waals surface area contributed by atoms with Crippen molar-refractivity contribution in [3.63, 3.8) is 0 Å². The van der Waals surface area contributed by atoms with Crippen LogP contribution in [-0.4, -0.2) is 71.5 Å². The van der Waals surface area contributed by atoms with Crippen LogP contribution >= 0.6 is 0 Å². The summed E-state index contributed by atoms with van der Waals surface area (Å²) in [4.78, 5) is 29.0. The normalized spacial score (nSPS) is 18.1. The molecule has 2 amide bonds. The number of benzene rings is 1. The van der Waals surface area contributed by atoms with Crippen molar-refractivity contribution in [3.8, 4) is 6.07 Å². The van der Waals surface area contributed by atoms with E-state index in [1.165, 1.54) is 0 Å². The van der Waals surface area contributed by atoms with E-state index in [0.717, 1.165) is 31.6 Å². The molecule has 2 rings (SSSR count). The molecule has 1 saturated heterocycles. The van der Waals surface area contributed by atoms with Gasteiger partial charge in [-0.25, -0.2) is 9.59 Å². The molecule has 0 saturated carbocycles. The van der Waals surface area contributed by atoms with Crippen LogP contribution in [0.5, 0.6) is 0 Å². The molecule has 1 aromatic rings. The Labute approximate surface area is 204 Å². The standard InChI is InChI=1S/C26H40N4O4/c1-19-18-29(14-15-30(19)24(32)34-26(5,6)7)13-12-22(28-23(31)33-25(2,3)4)16-20-8-10-21(17-27)11-9-20/h8-11,19,22H,12-16,18H2,1-7H3,(H,28,31)/t19-,22+/m1/s1. The van der Waals surface area contributed by atoms with E-state index in [1.807, 2.05) is 60.6 Å². The lowest BCUT2D eigenvalue weighted by Crippen LogP contribution is -2.55. The number of piperazine rings is 1. The maximum absolute atomic E-state index is 12.5. The molecule has 2 atom stereocenters. The van der Waals surface area contributed by atoms with Crippen molar-refractivity contribution in [1.29, 1.82) is 5.26 Å². The first-order valence-electron chi connectivity index (χ1n) is 12.0. The Morgan fingerprint density at radius 2 is 1.71 bits per heavy atom. The third-order valence-corrected chi connectivity index (χ3v) is 5.42. The van der Waals surface area contributed by atoms with Gasteiger partial charge in [-0.3, -0.25) is 4.90 Å². The minimum absolute atomic E-state index is 0.0411. The minimum atomic E-state index is -0.573. The van der Waals surface area contributed by atoms with Gasteiger partial charge in [0.05, 0.1) is 11.6 Å². The van der Waals surface area contributed by atoms with Crippen LogP contribution in [0.3, 0.4) is 0 Å². The quantitative estimate of drug-likeness (QED) is 0.662. The summed E-state index contributed by atoms with van der Waals surface area (Å²) in [6, 6.07) is 9.47. The van der Waals surface area contributed by atoms with Gasteiger partial charge < -0.3 is 19.7 Å². The molecule has 1 N–H and O–H groups in total. The number of nitrogens with one attached hydrogen (secondary N) is 1. The maximum Gasteiger partial charge on any atom is 0.410 e. The van der Waals surface area contributed by atoms with Crippen LogP contribution in [-0.2, 0) is 15.9 Å². The summed E-state index contributed by atoms with van der Waals surface area (Å²) < 4.78 is 11.0. The minimum Gasteiger partial charge on any atom is -0.444 e. The Bertz CT molecular complexity index is 865. The molecule has 34 heavy (non-hydrogen) atoms. The molecule has 188 valence electrons. The molecular weight excluding hydrogens is 432 g/mol. The Hall–Kier alpha value is -2.79. The van der Waals surface area contributed by atoms with Gasteiger partial charge in [0.1, 0.15) is 11.2 Å². The van der Waals surface area contributed by atoms with Gasteiger partial charge in [-0.15, -0.1) is 0 Å². The third kappa shape index (κ3) is 9.60. The van der Waals surface area contributed by atoms with Crippen LogP contribution < -0.4 is 5.32 Å². The van der Waals surface area contributed by atoms with Crippen LogP contribution in [0.4, 0.5) is 9.59 Å². The summed E-state index contributed by atoms with van der Waals surface area (Å²) in [5.41, 5.74) is 0.566. The van der Waals surface area contributed by atoms with Crippen LogP contribution in [0.25, 0.3) is 0 Å². The predicted molar refractivity (Wildman–Crippen MR) is 131 cm³/mol. The molecule has 1 aliphatic rings. The molecule has 0 spiro atoms. The highest BCUT2D eigenvalue weighted by atomic mass is 16.6. The van der Waals surface area contributed by atoms with Crippen molar-refractivity contribution in [3.05, 3.63) is 35.4 Å². The van der Waals surface area contributed by atoms with E-state index in [9.17, 15) is 9.59 Å². The molecule has 1 heterocycles. The number of alkyl carbamates (subject to hydrolysis) is 1. The smallest absolute Gasteiger partial charge is 0.410 e. The topological polar surface area (TPSA) is 94.9 Å². The SMILES string of the molecule is C[C@@H]1CN(CC[C@@H](Cc2ccc(C#N)cc2)NC(=O)OC(C)(C)C)CCN1C(=O)OC(C)(C)C. The van der Waals surface area contributed by atoms with E-state index >= 15 is 0 Å². The number of nitriles is 1. The van der Waals surface area contributed by atoms with Gasteiger partial charge in [0.2, 0.25) is 0 Å². The second kappa shape index (κ2) is 11.6. The predicted octanol–water partition coefficient (Wildman–Crippen LogP) is 4.33. The van der Waals surface area contributed by atoms with Gasteiger partial charge in [0.25, 0.3) is 0 Å². The van der Waals surface area contributed by atoms with Crippen LogP contribution in [0.2, 0.25) is 0 Å². The van der Waals surface area contributed by atoms with E-state index in [0.29, 0.717) is 18.5 Å². The van der Waals surface area contributed by atoms with Gasteiger partial charge in [-0.1, -0.05) is 12.1 Å². The van der Waals surface area contributed by atoms with Crippen molar-refractivity contribution in [1.82, 2.24) is 15.1 Å². The van der Waals surface area contributed by atoms with E-state index in [4.69, 9.17) is 14.7 Å². The van der Waals surface area contributed by atoms with Crippen LogP contribution in [0.1, 0.15) is 66.0 Å². The van der Waals surface area contributed by atoms with E-state index < -0.39 is 17.3 Å². The number of nitrogens with zero attached hydrogens (tertiary/aromatic N) is 3. The van der Waals surface area contributed by atoms with Gasteiger partial charge in [0, 0.05) is 38.3 Å². The number of carbonyl (C=O) groups is 2.